The fourth-order valence-corrected chi connectivity index (χ4v) is 10.7. The maximum atomic E-state index is 5.29. The predicted octanol–water partition coefficient (Wildman–Crippen LogP) is 16.7. The normalized spacial score (nSPS) is 12.6. The molecule has 0 radical (unpaired) electrons. The third-order valence-corrected chi connectivity index (χ3v) is 14.1. The summed E-state index contributed by atoms with van der Waals surface area (Å²) in [6, 6.07) is 79.7. The van der Waals surface area contributed by atoms with Gasteiger partial charge in [0.15, 0.2) is 11.6 Å². The Labute approximate surface area is 416 Å². The number of hydrogen-bond donors (Lipinski definition) is 0. The van der Waals surface area contributed by atoms with Crippen molar-refractivity contribution in [3.63, 3.8) is 0 Å². The van der Waals surface area contributed by atoms with Crippen LogP contribution in [0.1, 0.15) is 18.5 Å². The van der Waals surface area contributed by atoms with E-state index in [4.69, 9.17) is 19.9 Å². The molecule has 0 spiro atoms. The van der Waals surface area contributed by atoms with E-state index < -0.39 is 0 Å². The second-order valence-electron chi connectivity index (χ2n) is 18.5. The van der Waals surface area contributed by atoms with Crippen molar-refractivity contribution >= 4 is 60.0 Å². The highest BCUT2D eigenvalue weighted by Crippen LogP contribution is 2.44. The third-order valence-electron chi connectivity index (χ3n) is 14.1. The molecule has 1 aliphatic rings. The number of hydrogen-bond acceptors (Lipinski definition) is 4. The Balaban J connectivity index is 1.04. The van der Waals surface area contributed by atoms with Crippen molar-refractivity contribution in [2.45, 2.75) is 12.8 Å². The molecule has 9 aromatic carbocycles. The van der Waals surface area contributed by atoms with E-state index in [9.17, 15) is 0 Å². The average Bonchev–Trinajstić information content (AvgIpc) is 3.98. The van der Waals surface area contributed by atoms with Gasteiger partial charge in [0.1, 0.15) is 0 Å². The molecule has 6 nitrogen and oxygen atoms in total. The molecule has 0 bridgehead atoms. The molecule has 0 aliphatic heterocycles. The van der Waals surface area contributed by atoms with Gasteiger partial charge in [-0.15, -0.1) is 0 Å². The van der Waals surface area contributed by atoms with Crippen molar-refractivity contribution in [1.82, 2.24) is 29.1 Å². The molecule has 72 heavy (non-hydrogen) atoms. The Kier molecular flexibility index (Phi) is 9.88. The summed E-state index contributed by atoms with van der Waals surface area (Å²) in [6.07, 6.45) is 8.75. The highest BCUT2D eigenvalue weighted by molar-refractivity contribution is 6.24. The molecule has 0 N–H and O–H groups in total. The number of aromatic nitrogens is 6. The van der Waals surface area contributed by atoms with E-state index in [-0.39, 0.29) is 0 Å². The zero-order valence-corrected chi connectivity index (χ0v) is 39.2. The molecular weight excluding hydrogens is 877 g/mol. The molecule has 0 amide bonds. The number of rotatable bonds is 8. The number of fused-ring (bicyclic) bond motifs is 8. The molecule has 0 saturated heterocycles. The van der Waals surface area contributed by atoms with Gasteiger partial charge in [-0.2, -0.15) is 0 Å². The summed E-state index contributed by atoms with van der Waals surface area (Å²) in [5, 5.41) is 6.88. The van der Waals surface area contributed by atoms with E-state index in [1.165, 1.54) is 10.8 Å². The van der Waals surface area contributed by atoms with Crippen LogP contribution < -0.4 is 0 Å². The smallest absolute Gasteiger partial charge is 0.160 e. The van der Waals surface area contributed by atoms with Gasteiger partial charge >= 0.3 is 0 Å². The number of allylic oxidation sites excluding steroid dienone is 4. The van der Waals surface area contributed by atoms with Crippen LogP contribution in [0.3, 0.4) is 0 Å². The molecule has 0 unspecified atom stereocenters. The molecular formula is C66H44N6. The minimum Gasteiger partial charge on any atom is -0.307 e. The van der Waals surface area contributed by atoms with Crippen LogP contribution in [0, 0.1) is 0 Å². The van der Waals surface area contributed by atoms with Crippen LogP contribution in [0.15, 0.2) is 243 Å². The lowest BCUT2D eigenvalue weighted by molar-refractivity contribution is 1.03. The van der Waals surface area contributed by atoms with Gasteiger partial charge in [-0.3, -0.25) is 0 Å². The van der Waals surface area contributed by atoms with Crippen LogP contribution >= 0.6 is 0 Å². The van der Waals surface area contributed by atoms with Crippen LogP contribution in [-0.4, -0.2) is 29.1 Å². The van der Waals surface area contributed by atoms with Crippen molar-refractivity contribution in [2.24, 2.45) is 0 Å². The highest BCUT2D eigenvalue weighted by atomic mass is 15.0. The fraction of sp³-hybridized carbons (Fsp3) is 0.0303. The van der Waals surface area contributed by atoms with Gasteiger partial charge in [-0.05, 0) is 102 Å². The van der Waals surface area contributed by atoms with Gasteiger partial charge < -0.3 is 9.13 Å². The molecule has 1 aliphatic carbocycles. The number of benzene rings is 9. The van der Waals surface area contributed by atoms with Gasteiger partial charge in [0.2, 0.25) is 0 Å². The van der Waals surface area contributed by atoms with Gasteiger partial charge in [-0.25, -0.2) is 19.9 Å². The van der Waals surface area contributed by atoms with Crippen LogP contribution in [0.5, 0.6) is 0 Å². The molecule has 0 atom stereocenters. The highest BCUT2D eigenvalue weighted by Gasteiger charge is 2.24. The Hall–Kier alpha value is -9.52. The van der Waals surface area contributed by atoms with Crippen LogP contribution in [0.4, 0.5) is 0 Å². The van der Waals surface area contributed by atoms with E-state index in [1.54, 1.807) is 0 Å². The predicted molar refractivity (Wildman–Crippen MR) is 297 cm³/mol. The monoisotopic (exact) mass is 920 g/mol. The van der Waals surface area contributed by atoms with Crippen molar-refractivity contribution in [3.05, 3.63) is 248 Å². The minimum absolute atomic E-state index is 0.674. The van der Waals surface area contributed by atoms with E-state index in [1.807, 2.05) is 18.2 Å². The Morgan fingerprint density at radius 1 is 0.319 bits per heavy atom. The summed E-state index contributed by atoms with van der Waals surface area (Å²) in [4.78, 5) is 21.1. The largest absolute Gasteiger partial charge is 0.307 e. The molecule has 13 aromatic rings. The molecule has 0 fully saturated rings. The van der Waals surface area contributed by atoms with E-state index in [0.29, 0.717) is 11.6 Å². The summed E-state index contributed by atoms with van der Waals surface area (Å²) in [5.41, 5.74) is 16.3. The number of para-hydroxylation sites is 1. The minimum atomic E-state index is 0.674. The van der Waals surface area contributed by atoms with Crippen LogP contribution in [-0.2, 0) is 0 Å². The van der Waals surface area contributed by atoms with Gasteiger partial charge in [-0.1, -0.05) is 170 Å². The first-order valence-corrected chi connectivity index (χ1v) is 24.6. The summed E-state index contributed by atoms with van der Waals surface area (Å²) in [7, 11) is 0. The van der Waals surface area contributed by atoms with E-state index >= 15 is 0 Å². The summed E-state index contributed by atoms with van der Waals surface area (Å²) < 4.78 is 4.90. The van der Waals surface area contributed by atoms with E-state index in [2.05, 4.69) is 234 Å². The first kappa shape index (κ1) is 41.5. The van der Waals surface area contributed by atoms with Crippen molar-refractivity contribution in [3.8, 4) is 67.9 Å². The quantitative estimate of drug-likeness (QED) is 0.152. The second kappa shape index (κ2) is 17.2. The van der Waals surface area contributed by atoms with Crippen LogP contribution in [0.25, 0.3) is 128 Å². The standard InChI is InChI=1S/C66H44N6/c1-6-19-44(20-7-1)57-41-58(45-21-8-2-9-22-45)68-65(67-57)49-31-36-61-55(39-49)53-34-35-54-56-40-50(66-69-59(46-23-10-3-11-24-46)42-60(70-66)47-25-12-4-13-26-47)32-37-62(56)72(52-33-30-43-18-16-17-27-48(43)38-52)64(54)63(53)71(61)51-28-14-5-15-29-51/h1,3-8,10-42H,2,9H2. The summed E-state index contributed by atoms with van der Waals surface area (Å²) in [5.74, 6) is 1.37. The van der Waals surface area contributed by atoms with Crippen LogP contribution in [0.2, 0.25) is 0 Å². The van der Waals surface area contributed by atoms with Crippen molar-refractivity contribution in [1.29, 1.82) is 0 Å². The fourth-order valence-electron chi connectivity index (χ4n) is 10.7. The van der Waals surface area contributed by atoms with Gasteiger partial charge in [0.05, 0.1) is 44.8 Å². The lowest BCUT2D eigenvalue weighted by Gasteiger charge is -2.13. The molecule has 6 heteroatoms. The topological polar surface area (TPSA) is 61.4 Å². The zero-order valence-electron chi connectivity index (χ0n) is 39.2. The summed E-state index contributed by atoms with van der Waals surface area (Å²) >= 11 is 0. The maximum Gasteiger partial charge on any atom is 0.160 e. The van der Waals surface area contributed by atoms with E-state index in [0.717, 1.165) is 124 Å². The van der Waals surface area contributed by atoms with Crippen molar-refractivity contribution in [2.75, 3.05) is 0 Å². The van der Waals surface area contributed by atoms with Crippen molar-refractivity contribution < 1.29 is 0 Å². The second-order valence-corrected chi connectivity index (χ2v) is 18.5. The SMILES string of the molecule is C1=CC(c2cc(-c3ccccc3)nc(-c3ccc4c(c3)c3ccc5c6cc(-c7nc(-c8ccccc8)cc(-c8ccccc8)n7)ccc6n(-c6ccc7ccccc7c6)c5c3n4-c3ccccc3)n2)=CCC1. The first-order valence-electron chi connectivity index (χ1n) is 24.6. The first-order chi connectivity index (χ1) is 35.7. The van der Waals surface area contributed by atoms with Gasteiger partial charge in [0, 0.05) is 60.7 Å². The molecule has 0 saturated carbocycles. The number of nitrogens with zero attached hydrogens (tertiary/aromatic N) is 6. The third kappa shape index (κ3) is 7.11. The lowest BCUT2D eigenvalue weighted by atomic mass is 10.0. The average molecular weight is 921 g/mol. The molecule has 4 heterocycles. The Bertz CT molecular complexity index is 4240. The summed E-state index contributed by atoms with van der Waals surface area (Å²) in [6.45, 7) is 0. The molecule has 338 valence electrons. The molecule has 4 aromatic heterocycles. The maximum absolute atomic E-state index is 5.29. The lowest BCUT2D eigenvalue weighted by Crippen LogP contribution is -1.99. The van der Waals surface area contributed by atoms with Gasteiger partial charge in [0.25, 0.3) is 0 Å². The molecule has 14 rings (SSSR count). The Morgan fingerprint density at radius 2 is 0.792 bits per heavy atom. The Morgan fingerprint density at radius 3 is 1.32 bits per heavy atom. The zero-order chi connectivity index (χ0) is 47.5.